The Labute approximate surface area is 94.9 Å². The molecule has 1 atom stereocenters. The largest absolute Gasteiger partial charge is 0.481 e. The maximum atomic E-state index is 10.7. The minimum absolute atomic E-state index is 0.0645. The van der Waals surface area contributed by atoms with Crippen LogP contribution in [-0.2, 0) is 4.79 Å². The first kappa shape index (κ1) is 12.4. The van der Waals surface area contributed by atoms with Crippen molar-refractivity contribution in [3.05, 3.63) is 18.0 Å². The van der Waals surface area contributed by atoms with E-state index in [0.717, 1.165) is 5.69 Å². The molecule has 1 rings (SSSR count). The smallest absolute Gasteiger partial charge is 0.305 e. The number of nitrogens with one attached hydrogen (secondary N) is 1. The number of aliphatic carboxylic acids is 1. The standard InChI is InChI=1S/C11H17N3O2/c1-7(2)9(6-10(15)16)14-11-12-5-4-8(3)13-11/h4-5,7,9H,6H2,1-3H3,(H,15,16)(H,12,13,14). The van der Waals surface area contributed by atoms with E-state index >= 15 is 0 Å². The number of hydrogen-bond donors (Lipinski definition) is 2. The zero-order chi connectivity index (χ0) is 12.1. The van der Waals surface area contributed by atoms with Crippen LogP contribution in [0.1, 0.15) is 26.0 Å². The summed E-state index contributed by atoms with van der Waals surface area (Å²) in [4.78, 5) is 18.9. The highest BCUT2D eigenvalue weighted by Gasteiger charge is 2.17. The molecule has 0 aromatic carbocycles. The molecule has 0 aliphatic carbocycles. The maximum Gasteiger partial charge on any atom is 0.305 e. The summed E-state index contributed by atoms with van der Waals surface area (Å²) in [5.74, 6) is -0.126. The Kier molecular flexibility index (Phi) is 4.22. The Hall–Kier alpha value is -1.65. The van der Waals surface area contributed by atoms with Crippen molar-refractivity contribution in [3.63, 3.8) is 0 Å². The third-order valence-corrected chi connectivity index (χ3v) is 2.31. The molecule has 1 unspecified atom stereocenters. The first-order chi connectivity index (χ1) is 7.49. The molecule has 5 heteroatoms. The van der Waals surface area contributed by atoms with Gasteiger partial charge in [-0.25, -0.2) is 9.97 Å². The number of carbonyl (C=O) groups is 1. The molecule has 1 aromatic heterocycles. The second-order valence-corrected chi connectivity index (χ2v) is 4.11. The van der Waals surface area contributed by atoms with Gasteiger partial charge in [-0.3, -0.25) is 4.79 Å². The summed E-state index contributed by atoms with van der Waals surface area (Å²) in [6.45, 7) is 5.81. The van der Waals surface area contributed by atoms with Crippen LogP contribution in [0.15, 0.2) is 12.3 Å². The third kappa shape index (κ3) is 3.84. The third-order valence-electron chi connectivity index (χ3n) is 2.31. The van der Waals surface area contributed by atoms with E-state index in [-0.39, 0.29) is 18.4 Å². The summed E-state index contributed by atoms with van der Waals surface area (Å²) in [7, 11) is 0. The maximum absolute atomic E-state index is 10.7. The molecule has 0 fully saturated rings. The number of nitrogens with zero attached hydrogens (tertiary/aromatic N) is 2. The highest BCUT2D eigenvalue weighted by molar-refractivity contribution is 5.68. The van der Waals surface area contributed by atoms with Gasteiger partial charge >= 0.3 is 5.97 Å². The van der Waals surface area contributed by atoms with E-state index in [2.05, 4.69) is 15.3 Å². The van der Waals surface area contributed by atoms with Gasteiger partial charge in [-0.1, -0.05) is 13.8 Å². The van der Waals surface area contributed by atoms with Gasteiger partial charge in [-0.15, -0.1) is 0 Å². The van der Waals surface area contributed by atoms with Crippen LogP contribution in [0.3, 0.4) is 0 Å². The summed E-state index contributed by atoms with van der Waals surface area (Å²) in [6, 6.07) is 1.64. The minimum Gasteiger partial charge on any atom is -0.481 e. The highest BCUT2D eigenvalue weighted by atomic mass is 16.4. The molecule has 0 radical (unpaired) electrons. The highest BCUT2D eigenvalue weighted by Crippen LogP contribution is 2.11. The lowest BCUT2D eigenvalue weighted by molar-refractivity contribution is -0.137. The van der Waals surface area contributed by atoms with E-state index in [9.17, 15) is 4.79 Å². The van der Waals surface area contributed by atoms with Gasteiger partial charge in [0, 0.05) is 17.9 Å². The van der Waals surface area contributed by atoms with Gasteiger partial charge in [0.15, 0.2) is 0 Å². The lowest BCUT2D eigenvalue weighted by atomic mass is 10.0. The fourth-order valence-electron chi connectivity index (χ4n) is 1.33. The molecule has 0 amide bonds. The Balaban J connectivity index is 2.71. The van der Waals surface area contributed by atoms with Crippen molar-refractivity contribution in [1.29, 1.82) is 0 Å². The quantitative estimate of drug-likeness (QED) is 0.794. The van der Waals surface area contributed by atoms with Crippen LogP contribution in [0.2, 0.25) is 0 Å². The lowest BCUT2D eigenvalue weighted by Crippen LogP contribution is -2.29. The second kappa shape index (κ2) is 5.44. The number of aromatic nitrogens is 2. The van der Waals surface area contributed by atoms with Crippen molar-refractivity contribution in [1.82, 2.24) is 9.97 Å². The Morgan fingerprint density at radius 1 is 1.56 bits per heavy atom. The molecule has 0 saturated carbocycles. The van der Waals surface area contributed by atoms with Crippen LogP contribution >= 0.6 is 0 Å². The number of carboxylic acids is 1. The van der Waals surface area contributed by atoms with E-state index < -0.39 is 5.97 Å². The van der Waals surface area contributed by atoms with Crippen LogP contribution in [0.4, 0.5) is 5.95 Å². The van der Waals surface area contributed by atoms with E-state index in [0.29, 0.717) is 5.95 Å². The zero-order valence-corrected chi connectivity index (χ0v) is 9.77. The summed E-state index contributed by atoms with van der Waals surface area (Å²) in [5.41, 5.74) is 0.857. The number of hydrogen-bond acceptors (Lipinski definition) is 4. The van der Waals surface area contributed by atoms with Crippen molar-refractivity contribution in [2.24, 2.45) is 5.92 Å². The molecule has 0 aliphatic heterocycles. The fourth-order valence-corrected chi connectivity index (χ4v) is 1.33. The number of anilines is 1. The summed E-state index contributed by atoms with van der Waals surface area (Å²) in [6.07, 6.45) is 1.72. The van der Waals surface area contributed by atoms with Gasteiger partial charge in [-0.2, -0.15) is 0 Å². The lowest BCUT2D eigenvalue weighted by Gasteiger charge is -2.20. The number of aryl methyl sites for hydroxylation is 1. The van der Waals surface area contributed by atoms with Crippen LogP contribution in [0.5, 0.6) is 0 Å². The van der Waals surface area contributed by atoms with E-state index in [1.165, 1.54) is 0 Å². The van der Waals surface area contributed by atoms with Crippen molar-refractivity contribution < 1.29 is 9.90 Å². The Morgan fingerprint density at radius 3 is 2.75 bits per heavy atom. The van der Waals surface area contributed by atoms with Crippen molar-refractivity contribution in [2.45, 2.75) is 33.2 Å². The van der Waals surface area contributed by atoms with Crippen molar-refractivity contribution in [2.75, 3.05) is 5.32 Å². The molecule has 0 bridgehead atoms. The summed E-state index contributed by atoms with van der Waals surface area (Å²) >= 11 is 0. The number of carboxylic acid groups (broad SMARTS) is 1. The van der Waals surface area contributed by atoms with Crippen LogP contribution < -0.4 is 5.32 Å². The van der Waals surface area contributed by atoms with Gasteiger partial charge in [0.05, 0.1) is 6.42 Å². The first-order valence-electron chi connectivity index (χ1n) is 5.27. The topological polar surface area (TPSA) is 75.1 Å². The molecule has 16 heavy (non-hydrogen) atoms. The van der Waals surface area contributed by atoms with Crippen molar-refractivity contribution >= 4 is 11.9 Å². The van der Waals surface area contributed by atoms with Crippen LogP contribution in [0, 0.1) is 12.8 Å². The molecule has 0 spiro atoms. The van der Waals surface area contributed by atoms with Gasteiger partial charge in [-0.05, 0) is 18.9 Å². The monoisotopic (exact) mass is 223 g/mol. The van der Waals surface area contributed by atoms with Gasteiger partial charge < -0.3 is 10.4 Å². The van der Waals surface area contributed by atoms with Gasteiger partial charge in [0.25, 0.3) is 0 Å². The predicted octanol–water partition coefficient (Wildman–Crippen LogP) is 1.70. The van der Waals surface area contributed by atoms with Gasteiger partial charge in [0.1, 0.15) is 0 Å². The summed E-state index contributed by atoms with van der Waals surface area (Å²) in [5, 5.41) is 11.8. The van der Waals surface area contributed by atoms with E-state index in [1.54, 1.807) is 12.3 Å². The normalized spacial score (nSPS) is 12.5. The van der Waals surface area contributed by atoms with Crippen LogP contribution in [0.25, 0.3) is 0 Å². The average molecular weight is 223 g/mol. The molecular formula is C11H17N3O2. The first-order valence-corrected chi connectivity index (χ1v) is 5.27. The molecule has 2 N–H and O–H groups in total. The summed E-state index contributed by atoms with van der Waals surface area (Å²) < 4.78 is 0. The SMILES string of the molecule is Cc1ccnc(NC(CC(=O)O)C(C)C)n1. The minimum atomic E-state index is -0.821. The molecule has 1 heterocycles. The molecule has 5 nitrogen and oxygen atoms in total. The van der Waals surface area contributed by atoms with E-state index in [1.807, 2.05) is 20.8 Å². The van der Waals surface area contributed by atoms with Gasteiger partial charge in [0.2, 0.25) is 5.95 Å². The molecule has 88 valence electrons. The second-order valence-electron chi connectivity index (χ2n) is 4.11. The molecular weight excluding hydrogens is 206 g/mol. The number of rotatable bonds is 5. The Bertz CT molecular complexity index is 366. The fraction of sp³-hybridized carbons (Fsp3) is 0.545. The predicted molar refractivity (Wildman–Crippen MR) is 61.3 cm³/mol. The van der Waals surface area contributed by atoms with Crippen molar-refractivity contribution in [3.8, 4) is 0 Å². The van der Waals surface area contributed by atoms with Crippen LogP contribution in [-0.4, -0.2) is 27.1 Å². The Morgan fingerprint density at radius 2 is 2.25 bits per heavy atom. The molecule has 0 saturated heterocycles. The zero-order valence-electron chi connectivity index (χ0n) is 9.77. The van der Waals surface area contributed by atoms with E-state index in [4.69, 9.17) is 5.11 Å². The molecule has 1 aromatic rings. The average Bonchev–Trinajstić information content (AvgIpc) is 2.15. The molecule has 0 aliphatic rings.